The summed E-state index contributed by atoms with van der Waals surface area (Å²) in [5.74, 6) is -1.15. The standard InChI is InChI=1S/C39H38FN5O5S2/c1-24-22-32(36(41-23-24)44-18-20-52(49,50)21-19-44)42-38(47)28-12-14-29(15-13-28)39(48)45-17-16-26(3)35(30-9-5-6-11-33(30)45)51-27(4)37(46)43-34-25(2)8-7-10-31(34)40/h5-15,22-23H,4,16-21H2,1-3H3,(H,42,47)(H,43,46). The van der Waals surface area contributed by atoms with Gasteiger partial charge in [-0.15, -0.1) is 0 Å². The number of nitrogens with one attached hydrogen (secondary N) is 2. The molecule has 10 nitrogen and oxygen atoms in total. The van der Waals surface area contributed by atoms with Crippen molar-refractivity contribution in [1.82, 2.24) is 4.98 Å². The molecule has 268 valence electrons. The first-order valence-corrected chi connectivity index (χ1v) is 19.3. The van der Waals surface area contributed by atoms with Gasteiger partial charge in [0.1, 0.15) is 5.82 Å². The van der Waals surface area contributed by atoms with Gasteiger partial charge in [0.05, 0.1) is 33.5 Å². The van der Waals surface area contributed by atoms with Crippen LogP contribution in [0.15, 0.2) is 96.1 Å². The number of hydrogen-bond donors (Lipinski definition) is 2. The van der Waals surface area contributed by atoms with Gasteiger partial charge in [0.15, 0.2) is 15.7 Å². The molecule has 6 rings (SSSR count). The van der Waals surface area contributed by atoms with Crippen molar-refractivity contribution in [2.24, 2.45) is 0 Å². The summed E-state index contributed by atoms with van der Waals surface area (Å²) in [6.07, 6.45) is 2.20. The molecule has 0 bridgehead atoms. The summed E-state index contributed by atoms with van der Waals surface area (Å²) in [6.45, 7) is 10.5. The summed E-state index contributed by atoms with van der Waals surface area (Å²) >= 11 is 1.18. The van der Waals surface area contributed by atoms with Crippen molar-refractivity contribution in [3.63, 3.8) is 0 Å². The van der Waals surface area contributed by atoms with Gasteiger partial charge in [-0.25, -0.2) is 17.8 Å². The van der Waals surface area contributed by atoms with E-state index in [1.54, 1.807) is 60.5 Å². The number of sulfone groups is 1. The van der Waals surface area contributed by atoms with Crippen molar-refractivity contribution in [2.45, 2.75) is 27.2 Å². The molecule has 1 aromatic heterocycles. The Morgan fingerprint density at radius 2 is 1.58 bits per heavy atom. The van der Waals surface area contributed by atoms with Crippen molar-refractivity contribution in [3.8, 4) is 0 Å². The molecule has 2 N–H and O–H groups in total. The van der Waals surface area contributed by atoms with Crippen LogP contribution < -0.4 is 20.4 Å². The van der Waals surface area contributed by atoms with Gasteiger partial charge in [0.25, 0.3) is 17.7 Å². The summed E-state index contributed by atoms with van der Waals surface area (Å²) < 4.78 is 38.4. The van der Waals surface area contributed by atoms with Gasteiger partial charge in [-0.2, -0.15) is 0 Å². The van der Waals surface area contributed by atoms with E-state index in [0.717, 1.165) is 21.6 Å². The topological polar surface area (TPSA) is 129 Å². The molecule has 0 aliphatic carbocycles. The molecule has 0 spiro atoms. The lowest BCUT2D eigenvalue weighted by Crippen LogP contribution is -2.41. The number of hydrogen-bond acceptors (Lipinski definition) is 8. The van der Waals surface area contributed by atoms with Crippen molar-refractivity contribution in [3.05, 3.63) is 130 Å². The fourth-order valence-electron chi connectivity index (χ4n) is 6.09. The number of rotatable bonds is 8. The van der Waals surface area contributed by atoms with Gasteiger partial charge in [0.2, 0.25) is 0 Å². The number of halogens is 1. The number of anilines is 4. The second kappa shape index (κ2) is 15.1. The molecule has 1 saturated heterocycles. The van der Waals surface area contributed by atoms with E-state index >= 15 is 0 Å². The van der Waals surface area contributed by atoms with Crippen LogP contribution in [0.25, 0.3) is 4.91 Å². The molecule has 3 heterocycles. The van der Waals surface area contributed by atoms with Gasteiger partial charge >= 0.3 is 0 Å². The molecule has 4 aromatic rings. The molecule has 0 unspecified atom stereocenters. The smallest absolute Gasteiger partial charge is 0.261 e. The lowest BCUT2D eigenvalue weighted by atomic mass is 10.1. The van der Waals surface area contributed by atoms with E-state index in [0.29, 0.717) is 46.8 Å². The number of aryl methyl sites for hydroxylation is 2. The number of carbonyl (C=O) groups excluding carboxylic acids is 3. The van der Waals surface area contributed by atoms with E-state index in [-0.39, 0.29) is 41.1 Å². The van der Waals surface area contributed by atoms with Crippen molar-refractivity contribution >= 4 is 67.1 Å². The Bertz CT molecular complexity index is 2200. The number of nitrogens with zero attached hydrogens (tertiary/aromatic N) is 3. The molecule has 2 aliphatic rings. The van der Waals surface area contributed by atoms with E-state index in [2.05, 4.69) is 22.2 Å². The summed E-state index contributed by atoms with van der Waals surface area (Å²) in [5, 5.41) is 5.57. The number of benzene rings is 3. The van der Waals surface area contributed by atoms with Gasteiger partial charge < -0.3 is 20.4 Å². The molecule has 0 radical (unpaired) electrons. The maximum atomic E-state index is 14.4. The lowest BCUT2D eigenvalue weighted by Gasteiger charge is -2.29. The average Bonchev–Trinajstić information content (AvgIpc) is 3.25. The third-order valence-electron chi connectivity index (χ3n) is 9.01. The van der Waals surface area contributed by atoms with Gasteiger partial charge in [-0.1, -0.05) is 54.2 Å². The van der Waals surface area contributed by atoms with Crippen molar-refractivity contribution in [1.29, 1.82) is 0 Å². The SMILES string of the molecule is C=C(SC1=C(C)CCN(C(=O)c2ccc(C(=O)Nc3cc(C)cnc3N3CCS(=O)(=O)CC3)cc2)c2ccccc21)C(=O)Nc1c(C)cccc1F. The highest BCUT2D eigenvalue weighted by atomic mass is 32.2. The Morgan fingerprint density at radius 3 is 2.29 bits per heavy atom. The molecule has 2 aliphatic heterocycles. The Morgan fingerprint density at radius 1 is 0.885 bits per heavy atom. The van der Waals surface area contributed by atoms with Crippen molar-refractivity contribution in [2.75, 3.05) is 51.6 Å². The van der Waals surface area contributed by atoms with E-state index in [1.165, 1.54) is 17.8 Å². The highest BCUT2D eigenvalue weighted by molar-refractivity contribution is 8.12. The highest BCUT2D eigenvalue weighted by Gasteiger charge is 2.28. The second-order valence-corrected chi connectivity index (χ2v) is 16.2. The summed E-state index contributed by atoms with van der Waals surface area (Å²) in [7, 11) is -3.09. The summed E-state index contributed by atoms with van der Waals surface area (Å²) in [5.41, 5.74) is 5.12. The Labute approximate surface area is 306 Å². The van der Waals surface area contributed by atoms with Gasteiger partial charge in [-0.3, -0.25) is 14.4 Å². The predicted octanol–water partition coefficient (Wildman–Crippen LogP) is 6.99. The molecule has 1 fully saturated rings. The van der Waals surface area contributed by atoms with Crippen LogP contribution in [0.3, 0.4) is 0 Å². The first-order valence-electron chi connectivity index (χ1n) is 16.7. The number of amides is 3. The largest absolute Gasteiger partial charge is 0.353 e. The zero-order chi connectivity index (χ0) is 37.2. The molecule has 3 amide bonds. The summed E-state index contributed by atoms with van der Waals surface area (Å²) in [4.78, 5) is 49.5. The predicted molar refractivity (Wildman–Crippen MR) is 206 cm³/mol. The number of aromatic nitrogens is 1. The monoisotopic (exact) mass is 739 g/mol. The minimum absolute atomic E-state index is 0.0198. The van der Waals surface area contributed by atoms with Gasteiger partial charge in [0, 0.05) is 47.4 Å². The fourth-order valence-corrected chi connectivity index (χ4v) is 8.24. The summed E-state index contributed by atoms with van der Waals surface area (Å²) in [6, 6.07) is 20.2. The number of thioether (sulfide) groups is 1. The Kier molecular flexibility index (Phi) is 10.6. The molecule has 0 atom stereocenters. The van der Waals surface area contributed by atoms with E-state index in [9.17, 15) is 27.2 Å². The zero-order valence-corrected chi connectivity index (χ0v) is 30.7. The number of para-hydroxylation sites is 2. The Balaban J connectivity index is 1.17. The molecular weight excluding hydrogens is 702 g/mol. The second-order valence-electron chi connectivity index (χ2n) is 12.8. The number of pyridine rings is 1. The highest BCUT2D eigenvalue weighted by Crippen LogP contribution is 2.43. The zero-order valence-electron chi connectivity index (χ0n) is 29.0. The molecule has 3 aromatic carbocycles. The van der Waals surface area contributed by atoms with E-state index in [1.807, 2.05) is 43.0 Å². The third kappa shape index (κ3) is 7.95. The van der Waals surface area contributed by atoms with Crippen molar-refractivity contribution < 1.29 is 27.2 Å². The quantitative estimate of drug-likeness (QED) is 0.185. The van der Waals surface area contributed by atoms with Crippen LogP contribution in [0.1, 0.15) is 50.8 Å². The molecule has 52 heavy (non-hydrogen) atoms. The van der Waals surface area contributed by atoms with Crippen LogP contribution in [0.5, 0.6) is 0 Å². The van der Waals surface area contributed by atoms with E-state index < -0.39 is 27.5 Å². The first-order chi connectivity index (χ1) is 24.8. The molecular formula is C39H38FN5O5S2. The lowest BCUT2D eigenvalue weighted by molar-refractivity contribution is -0.112. The Hall–Kier alpha value is -5.27. The van der Waals surface area contributed by atoms with Crippen LogP contribution in [0, 0.1) is 19.7 Å². The minimum Gasteiger partial charge on any atom is -0.353 e. The van der Waals surface area contributed by atoms with Crippen LogP contribution >= 0.6 is 11.8 Å². The maximum Gasteiger partial charge on any atom is 0.261 e. The van der Waals surface area contributed by atoms with Crippen LogP contribution in [0.2, 0.25) is 0 Å². The van der Waals surface area contributed by atoms with Crippen LogP contribution in [0.4, 0.5) is 27.3 Å². The average molecular weight is 740 g/mol. The number of carbonyl (C=O) groups is 3. The number of fused-ring (bicyclic) bond motifs is 1. The molecule has 13 heteroatoms. The first kappa shape index (κ1) is 36.5. The fraction of sp³-hybridized carbons (Fsp3) is 0.231. The van der Waals surface area contributed by atoms with Gasteiger partial charge in [-0.05, 0) is 80.8 Å². The normalized spacial score (nSPS) is 15.4. The molecule has 0 saturated carbocycles. The van der Waals surface area contributed by atoms with Crippen LogP contribution in [-0.4, -0.2) is 62.3 Å². The minimum atomic E-state index is -3.09. The van der Waals surface area contributed by atoms with Crippen LogP contribution in [-0.2, 0) is 14.6 Å². The maximum absolute atomic E-state index is 14.4. The van der Waals surface area contributed by atoms with E-state index in [4.69, 9.17) is 0 Å². The third-order valence-corrected chi connectivity index (χ3v) is 11.8.